The van der Waals surface area contributed by atoms with E-state index in [1.54, 1.807) is 14.0 Å². The minimum absolute atomic E-state index is 0.130. The zero-order valence-corrected chi connectivity index (χ0v) is 32.4. The van der Waals surface area contributed by atoms with Crippen molar-refractivity contribution in [2.75, 3.05) is 20.7 Å². The average molecular weight is 700 g/mol. The standard InChI is InChI=1S/C38H66FNO9/c1-14-28-23(6)30(26(9)39)32-20(3)17-38(11,49-32)34(48-36-31(41)27(40(12)15-2)16-21(4)45-36)24(7)33(25(8)35(42)46-28)47-29-19-37(10,43-13)18-22(5)44-29/h21-31,33-34,36,41H,14-19H2,1-13H3/t21-,22+,23+,24+,25-,26+,27+,28+,29+,30-,31-,33-,34-,36+,37+,38+/m1/s1. The second-order valence-corrected chi connectivity index (χ2v) is 16.1. The lowest BCUT2D eigenvalue weighted by atomic mass is 9.79. The molecule has 0 saturated carbocycles. The van der Waals surface area contributed by atoms with Gasteiger partial charge < -0.3 is 43.2 Å². The van der Waals surface area contributed by atoms with Crippen LogP contribution in [0.5, 0.6) is 0 Å². The smallest absolute Gasteiger partial charge is 0.311 e. The third-order valence-electron chi connectivity index (χ3n) is 11.9. The molecule has 0 aromatic carbocycles. The molecule has 1 N–H and O–H groups in total. The van der Waals surface area contributed by atoms with Crippen molar-refractivity contribution >= 4 is 5.97 Å². The van der Waals surface area contributed by atoms with Gasteiger partial charge in [-0.3, -0.25) is 4.79 Å². The monoisotopic (exact) mass is 699 g/mol. The van der Waals surface area contributed by atoms with E-state index < -0.39 is 78.1 Å². The predicted molar refractivity (Wildman–Crippen MR) is 184 cm³/mol. The Balaban J connectivity index is 1.81. The molecular formula is C38H66FNO9. The molecule has 11 heteroatoms. The molecule has 4 aliphatic heterocycles. The van der Waals surface area contributed by atoms with E-state index in [4.69, 9.17) is 33.2 Å². The number of methoxy groups -OCH3 is 1. The summed E-state index contributed by atoms with van der Waals surface area (Å²) >= 11 is 0. The Kier molecular flexibility index (Phi) is 13.3. The number of hydrogen-bond acceptors (Lipinski definition) is 10. The zero-order valence-electron chi connectivity index (χ0n) is 32.4. The van der Waals surface area contributed by atoms with Crippen molar-refractivity contribution in [1.29, 1.82) is 0 Å². The maximum Gasteiger partial charge on any atom is 0.311 e. The van der Waals surface area contributed by atoms with E-state index in [1.807, 2.05) is 69.4 Å². The normalized spacial score (nSPS) is 46.1. The number of allylic oxidation sites excluding steroid dienone is 1. The number of alkyl halides is 1. The van der Waals surface area contributed by atoms with Gasteiger partial charge in [-0.15, -0.1) is 0 Å². The molecule has 0 aromatic heterocycles. The molecule has 0 spiro atoms. The number of rotatable bonds is 9. The van der Waals surface area contributed by atoms with E-state index in [2.05, 4.69) is 11.8 Å². The predicted octanol–water partition coefficient (Wildman–Crippen LogP) is 6.17. The molecule has 3 fully saturated rings. The number of likely N-dealkylation sites (N-methyl/N-ethyl adjacent to an activating group) is 1. The minimum atomic E-state index is -1.25. The highest BCUT2D eigenvalue weighted by atomic mass is 19.1. The van der Waals surface area contributed by atoms with Gasteiger partial charge in [0, 0.05) is 44.2 Å². The number of carbonyl (C=O) groups excluding carboxylic acids is 1. The van der Waals surface area contributed by atoms with E-state index in [0.717, 1.165) is 12.1 Å². The first-order valence-electron chi connectivity index (χ1n) is 18.7. The fourth-order valence-electron chi connectivity index (χ4n) is 9.02. The number of aliphatic hydroxyl groups is 1. The molecule has 0 aliphatic carbocycles. The van der Waals surface area contributed by atoms with E-state index in [0.29, 0.717) is 37.9 Å². The first-order chi connectivity index (χ1) is 22.9. The molecule has 284 valence electrons. The highest BCUT2D eigenvalue weighted by molar-refractivity contribution is 5.73. The molecule has 0 unspecified atom stereocenters. The van der Waals surface area contributed by atoms with Gasteiger partial charge in [0.1, 0.15) is 35.8 Å². The maximum absolute atomic E-state index is 15.7. The van der Waals surface area contributed by atoms with Crippen LogP contribution in [0.15, 0.2) is 11.3 Å². The van der Waals surface area contributed by atoms with Gasteiger partial charge in [-0.25, -0.2) is 4.39 Å². The molecule has 3 saturated heterocycles. The largest absolute Gasteiger partial charge is 0.488 e. The number of cyclic esters (lactones) is 1. The van der Waals surface area contributed by atoms with Crippen LogP contribution in [0.1, 0.15) is 108 Å². The molecule has 2 bridgehead atoms. The Labute approximate surface area is 294 Å². The SMILES string of the molecule is CC[C@@H]1OC(=O)[C@H](C)[C@H](O[C@H]2C[C@@](C)(OC)C[C@H](C)O2)[C@H](C)[C@@H](O[C@@H]2O[C@H](C)C[C@H](N(C)CC)[C@H]2O)[C@]2(C)CC(C)=C(O2)[C@@H]([C@H](C)F)[C@H]1C. The van der Waals surface area contributed by atoms with Crippen LogP contribution in [-0.2, 0) is 38.0 Å². The van der Waals surface area contributed by atoms with Gasteiger partial charge in [0.25, 0.3) is 0 Å². The summed E-state index contributed by atoms with van der Waals surface area (Å²) in [6.45, 7) is 22.0. The van der Waals surface area contributed by atoms with Crippen molar-refractivity contribution < 1.29 is 47.4 Å². The number of aliphatic hydroxyl groups excluding tert-OH is 1. The minimum Gasteiger partial charge on any atom is -0.488 e. The molecular weight excluding hydrogens is 633 g/mol. The number of halogens is 1. The summed E-state index contributed by atoms with van der Waals surface area (Å²) in [7, 11) is 3.68. The van der Waals surface area contributed by atoms with Gasteiger partial charge in [-0.2, -0.15) is 0 Å². The Morgan fingerprint density at radius 1 is 1.04 bits per heavy atom. The van der Waals surface area contributed by atoms with Gasteiger partial charge in [0.15, 0.2) is 12.6 Å². The summed E-state index contributed by atoms with van der Waals surface area (Å²) in [5, 5.41) is 11.7. The number of fused-ring (bicyclic) bond motifs is 2. The highest BCUT2D eigenvalue weighted by Gasteiger charge is 2.55. The third-order valence-corrected chi connectivity index (χ3v) is 11.9. The van der Waals surface area contributed by atoms with Crippen LogP contribution in [0.2, 0.25) is 0 Å². The van der Waals surface area contributed by atoms with Crippen LogP contribution in [0.3, 0.4) is 0 Å². The fourth-order valence-corrected chi connectivity index (χ4v) is 9.02. The number of ether oxygens (including phenoxy) is 7. The van der Waals surface area contributed by atoms with Crippen LogP contribution in [0.25, 0.3) is 0 Å². The summed E-state index contributed by atoms with van der Waals surface area (Å²) in [6, 6.07) is -0.179. The lowest BCUT2D eigenvalue weighted by Crippen LogP contribution is -2.60. The number of nitrogens with zero attached hydrogens (tertiary/aromatic N) is 1. The first-order valence-corrected chi connectivity index (χ1v) is 18.7. The van der Waals surface area contributed by atoms with Gasteiger partial charge in [-0.1, -0.05) is 27.7 Å². The van der Waals surface area contributed by atoms with Gasteiger partial charge in [0.2, 0.25) is 0 Å². The molecule has 0 aromatic rings. The summed E-state index contributed by atoms with van der Waals surface area (Å²) in [5.74, 6) is -2.07. The second-order valence-electron chi connectivity index (χ2n) is 16.1. The topological polar surface area (TPSA) is 105 Å². The number of hydrogen-bond donors (Lipinski definition) is 1. The van der Waals surface area contributed by atoms with Crippen LogP contribution < -0.4 is 0 Å². The molecule has 16 atom stereocenters. The first kappa shape index (κ1) is 40.4. The zero-order chi connectivity index (χ0) is 36.6. The fraction of sp³-hybridized carbons (Fsp3) is 0.921. The van der Waals surface area contributed by atoms with Crippen molar-refractivity contribution in [2.45, 2.75) is 181 Å². The lowest BCUT2D eigenvalue weighted by Gasteiger charge is -2.48. The summed E-state index contributed by atoms with van der Waals surface area (Å²) in [5.41, 5.74) is -0.530. The van der Waals surface area contributed by atoms with Crippen LogP contribution in [0, 0.1) is 23.7 Å². The Morgan fingerprint density at radius 2 is 1.71 bits per heavy atom. The van der Waals surface area contributed by atoms with Crippen LogP contribution >= 0.6 is 0 Å². The van der Waals surface area contributed by atoms with E-state index >= 15 is 4.39 Å². The summed E-state index contributed by atoms with van der Waals surface area (Å²) in [6.07, 6.45) is -3.32. The molecule has 10 nitrogen and oxygen atoms in total. The Bertz CT molecular complexity index is 1150. The molecule has 0 amide bonds. The molecule has 4 aliphatic rings. The number of carbonyl (C=O) groups is 1. The molecule has 49 heavy (non-hydrogen) atoms. The van der Waals surface area contributed by atoms with Gasteiger partial charge in [0.05, 0.1) is 35.7 Å². The Hall–Kier alpha value is -1.34. The second kappa shape index (κ2) is 16.1. The summed E-state index contributed by atoms with van der Waals surface area (Å²) < 4.78 is 61.1. The van der Waals surface area contributed by atoms with Crippen molar-refractivity contribution in [3.8, 4) is 0 Å². The van der Waals surface area contributed by atoms with Crippen LogP contribution in [0.4, 0.5) is 4.39 Å². The van der Waals surface area contributed by atoms with Crippen molar-refractivity contribution in [2.24, 2.45) is 23.7 Å². The van der Waals surface area contributed by atoms with Gasteiger partial charge >= 0.3 is 5.97 Å². The third kappa shape index (κ3) is 8.66. The van der Waals surface area contributed by atoms with Crippen LogP contribution in [-0.4, -0.2) is 109 Å². The van der Waals surface area contributed by atoms with E-state index in [9.17, 15) is 9.90 Å². The molecule has 4 rings (SSSR count). The molecule has 4 heterocycles. The van der Waals surface area contributed by atoms with E-state index in [-0.39, 0.29) is 24.2 Å². The molecule has 0 radical (unpaired) electrons. The van der Waals surface area contributed by atoms with E-state index in [1.165, 1.54) is 0 Å². The van der Waals surface area contributed by atoms with Gasteiger partial charge in [-0.05, 0) is 80.5 Å². The summed E-state index contributed by atoms with van der Waals surface area (Å²) in [4.78, 5) is 16.2. The van der Waals surface area contributed by atoms with Crippen molar-refractivity contribution in [3.63, 3.8) is 0 Å². The maximum atomic E-state index is 15.7. The van der Waals surface area contributed by atoms with Crippen molar-refractivity contribution in [1.82, 2.24) is 4.90 Å². The number of esters is 1. The highest BCUT2D eigenvalue weighted by Crippen LogP contribution is 2.48. The Morgan fingerprint density at radius 3 is 2.31 bits per heavy atom. The lowest BCUT2D eigenvalue weighted by molar-refractivity contribution is -0.309. The quantitative estimate of drug-likeness (QED) is 0.281. The average Bonchev–Trinajstić information content (AvgIpc) is 3.33. The van der Waals surface area contributed by atoms with Crippen molar-refractivity contribution in [3.05, 3.63) is 11.3 Å².